The van der Waals surface area contributed by atoms with E-state index in [1.807, 2.05) is 25.1 Å². The van der Waals surface area contributed by atoms with Crippen molar-refractivity contribution in [3.63, 3.8) is 0 Å². The maximum Gasteiger partial charge on any atom is 0.195 e. The molecule has 0 saturated heterocycles. The third kappa shape index (κ3) is 4.63. The van der Waals surface area contributed by atoms with Crippen LogP contribution >= 0.6 is 11.9 Å². The molecule has 0 atom stereocenters. The Morgan fingerprint density at radius 2 is 1.71 bits per heavy atom. The summed E-state index contributed by atoms with van der Waals surface area (Å²) in [7, 11) is 0. The van der Waals surface area contributed by atoms with Crippen LogP contribution in [0.5, 0.6) is 0 Å². The molecule has 0 bridgehead atoms. The Hall–Kier alpha value is -2.59. The molecule has 144 valence electrons. The Morgan fingerprint density at radius 1 is 1.04 bits per heavy atom. The molecule has 0 aliphatic rings. The van der Waals surface area contributed by atoms with Gasteiger partial charge in [-0.1, -0.05) is 44.5 Å². The summed E-state index contributed by atoms with van der Waals surface area (Å²) in [6.45, 7) is 8.73. The maximum absolute atomic E-state index is 12.9. The molecular formula is C24H26N2OS. The molecule has 1 aromatic heterocycles. The predicted molar refractivity (Wildman–Crippen MR) is 118 cm³/mol. The van der Waals surface area contributed by atoms with Crippen molar-refractivity contribution in [1.82, 2.24) is 4.98 Å². The van der Waals surface area contributed by atoms with E-state index in [0.717, 1.165) is 22.6 Å². The molecule has 3 rings (SSSR count). The van der Waals surface area contributed by atoms with Crippen LogP contribution in [-0.4, -0.2) is 10.8 Å². The average molecular weight is 391 g/mol. The molecule has 4 heteroatoms. The molecule has 1 N–H and O–H groups in total. The van der Waals surface area contributed by atoms with Gasteiger partial charge in [0.2, 0.25) is 0 Å². The van der Waals surface area contributed by atoms with Crippen molar-refractivity contribution >= 4 is 23.4 Å². The summed E-state index contributed by atoms with van der Waals surface area (Å²) in [5, 5.41) is 0. The van der Waals surface area contributed by atoms with Gasteiger partial charge in [-0.2, -0.15) is 0 Å². The van der Waals surface area contributed by atoms with E-state index >= 15 is 0 Å². The zero-order chi connectivity index (χ0) is 20.1. The van der Waals surface area contributed by atoms with Crippen LogP contribution in [-0.2, 0) is 5.41 Å². The molecule has 28 heavy (non-hydrogen) atoms. The Balaban J connectivity index is 1.79. The van der Waals surface area contributed by atoms with Gasteiger partial charge in [0.1, 0.15) is 0 Å². The third-order valence-corrected chi connectivity index (χ3v) is 5.99. The van der Waals surface area contributed by atoms with Crippen LogP contribution in [0.2, 0.25) is 0 Å². The van der Waals surface area contributed by atoms with Gasteiger partial charge in [0, 0.05) is 28.4 Å². The molecule has 0 fully saturated rings. The second kappa shape index (κ2) is 8.61. The molecule has 1 heterocycles. The summed E-state index contributed by atoms with van der Waals surface area (Å²) >= 11 is 1.52. The Bertz CT molecular complexity index is 950. The summed E-state index contributed by atoms with van der Waals surface area (Å²) in [6.07, 6.45) is 4.38. The quantitative estimate of drug-likeness (QED) is 0.373. The van der Waals surface area contributed by atoms with Crippen molar-refractivity contribution in [3.05, 3.63) is 89.2 Å². The minimum absolute atomic E-state index is 0.00533. The second-order valence-corrected chi connectivity index (χ2v) is 8.46. The SMILES string of the molecule is CCC(C)(C)c1ccc(SNc2ccc(C)cc2C(=O)c2ccncc2)cc1. The fraction of sp³-hybridized carbons (Fsp3) is 0.250. The standard InChI is InChI=1S/C24H26N2OS/c1-5-24(3,4)19-7-9-20(10-8-19)28-26-22-11-6-17(2)16-21(22)23(27)18-12-14-25-15-13-18/h6-16,26H,5H2,1-4H3. The van der Waals surface area contributed by atoms with Crippen molar-refractivity contribution < 1.29 is 4.79 Å². The van der Waals surface area contributed by atoms with E-state index in [2.05, 4.69) is 54.7 Å². The van der Waals surface area contributed by atoms with E-state index < -0.39 is 0 Å². The van der Waals surface area contributed by atoms with E-state index in [9.17, 15) is 4.79 Å². The molecule has 0 aliphatic carbocycles. The summed E-state index contributed by atoms with van der Waals surface area (Å²) in [5.74, 6) is -0.00533. The first-order chi connectivity index (χ1) is 13.4. The van der Waals surface area contributed by atoms with E-state index in [1.165, 1.54) is 17.5 Å². The van der Waals surface area contributed by atoms with Gasteiger partial charge in [0.05, 0.1) is 5.69 Å². The number of benzene rings is 2. The van der Waals surface area contributed by atoms with Gasteiger partial charge < -0.3 is 4.72 Å². The van der Waals surface area contributed by atoms with E-state index in [-0.39, 0.29) is 11.2 Å². The summed E-state index contributed by atoms with van der Waals surface area (Å²) in [4.78, 5) is 18.0. The molecule has 0 unspecified atom stereocenters. The average Bonchev–Trinajstić information content (AvgIpc) is 2.73. The number of ketones is 1. The number of aryl methyl sites for hydroxylation is 1. The number of nitrogens with zero attached hydrogens (tertiary/aromatic N) is 1. The van der Waals surface area contributed by atoms with Crippen LogP contribution in [0.25, 0.3) is 0 Å². The highest BCUT2D eigenvalue weighted by Crippen LogP contribution is 2.30. The molecule has 0 spiro atoms. The van der Waals surface area contributed by atoms with Gasteiger partial charge in [-0.05, 0) is 72.7 Å². The summed E-state index contributed by atoms with van der Waals surface area (Å²) < 4.78 is 3.36. The molecule has 0 radical (unpaired) electrons. The Morgan fingerprint density at radius 3 is 2.36 bits per heavy atom. The van der Waals surface area contributed by atoms with Crippen molar-refractivity contribution in [2.75, 3.05) is 4.72 Å². The third-order valence-electron chi connectivity index (χ3n) is 5.16. The lowest BCUT2D eigenvalue weighted by atomic mass is 9.82. The van der Waals surface area contributed by atoms with Crippen LogP contribution in [0.3, 0.4) is 0 Å². The highest BCUT2D eigenvalue weighted by atomic mass is 32.2. The van der Waals surface area contributed by atoms with Gasteiger partial charge in [-0.25, -0.2) is 0 Å². The fourth-order valence-electron chi connectivity index (χ4n) is 2.89. The number of anilines is 1. The van der Waals surface area contributed by atoms with E-state index in [0.29, 0.717) is 11.1 Å². The number of carbonyl (C=O) groups is 1. The van der Waals surface area contributed by atoms with Crippen LogP contribution < -0.4 is 4.72 Å². The Kier molecular flexibility index (Phi) is 6.20. The van der Waals surface area contributed by atoms with Gasteiger partial charge in [-0.3, -0.25) is 9.78 Å². The minimum Gasteiger partial charge on any atom is -0.325 e. The fourth-order valence-corrected chi connectivity index (χ4v) is 3.56. The highest BCUT2D eigenvalue weighted by molar-refractivity contribution is 8.00. The van der Waals surface area contributed by atoms with Crippen LogP contribution in [0, 0.1) is 6.92 Å². The first kappa shape index (κ1) is 20.2. The molecule has 2 aromatic carbocycles. The lowest BCUT2D eigenvalue weighted by Crippen LogP contribution is -2.14. The van der Waals surface area contributed by atoms with Gasteiger partial charge in [-0.15, -0.1) is 0 Å². The zero-order valence-corrected chi connectivity index (χ0v) is 17.6. The van der Waals surface area contributed by atoms with E-state index in [1.54, 1.807) is 24.5 Å². The number of hydrogen-bond acceptors (Lipinski definition) is 4. The molecule has 0 amide bonds. The number of hydrogen-bond donors (Lipinski definition) is 1. The molecule has 0 aliphatic heterocycles. The number of nitrogens with one attached hydrogen (secondary N) is 1. The lowest BCUT2D eigenvalue weighted by molar-refractivity contribution is 0.103. The topological polar surface area (TPSA) is 42.0 Å². The van der Waals surface area contributed by atoms with Crippen molar-refractivity contribution in [1.29, 1.82) is 0 Å². The van der Waals surface area contributed by atoms with Crippen LogP contribution in [0.15, 0.2) is 71.9 Å². The number of pyridine rings is 1. The number of carbonyl (C=O) groups excluding carboxylic acids is 1. The van der Waals surface area contributed by atoms with Crippen molar-refractivity contribution in [2.45, 2.75) is 44.4 Å². The lowest BCUT2D eigenvalue weighted by Gasteiger charge is -2.23. The largest absolute Gasteiger partial charge is 0.325 e. The molecule has 3 aromatic rings. The second-order valence-electron chi connectivity index (χ2n) is 7.58. The summed E-state index contributed by atoms with van der Waals surface area (Å²) in [6, 6.07) is 18.0. The van der Waals surface area contributed by atoms with Crippen molar-refractivity contribution in [3.8, 4) is 0 Å². The summed E-state index contributed by atoms with van der Waals surface area (Å²) in [5.41, 5.74) is 4.69. The molecule has 3 nitrogen and oxygen atoms in total. The van der Waals surface area contributed by atoms with Crippen LogP contribution in [0.4, 0.5) is 5.69 Å². The normalized spacial score (nSPS) is 11.3. The van der Waals surface area contributed by atoms with Crippen molar-refractivity contribution in [2.24, 2.45) is 0 Å². The number of rotatable bonds is 7. The Labute approximate surface area is 171 Å². The first-order valence-corrected chi connectivity index (χ1v) is 10.3. The zero-order valence-electron chi connectivity index (χ0n) is 16.8. The smallest absolute Gasteiger partial charge is 0.195 e. The number of aromatic nitrogens is 1. The van der Waals surface area contributed by atoms with Crippen LogP contribution in [0.1, 0.15) is 54.2 Å². The van der Waals surface area contributed by atoms with Gasteiger partial charge in [0.25, 0.3) is 0 Å². The monoisotopic (exact) mass is 390 g/mol. The van der Waals surface area contributed by atoms with E-state index in [4.69, 9.17) is 0 Å². The minimum atomic E-state index is -0.00533. The molecule has 0 saturated carbocycles. The maximum atomic E-state index is 12.9. The van der Waals surface area contributed by atoms with Gasteiger partial charge >= 0.3 is 0 Å². The van der Waals surface area contributed by atoms with Gasteiger partial charge in [0.15, 0.2) is 5.78 Å². The molecular weight excluding hydrogens is 364 g/mol. The highest BCUT2D eigenvalue weighted by Gasteiger charge is 2.18. The first-order valence-electron chi connectivity index (χ1n) is 9.49. The predicted octanol–water partition coefficient (Wildman–Crippen LogP) is 6.43.